The summed E-state index contributed by atoms with van der Waals surface area (Å²) >= 11 is 0. The lowest BCUT2D eigenvalue weighted by molar-refractivity contribution is -0.137. The van der Waals surface area contributed by atoms with E-state index in [1.54, 1.807) is 13.2 Å². The minimum atomic E-state index is -4.43. The van der Waals surface area contributed by atoms with Gasteiger partial charge in [0.25, 0.3) is 5.91 Å². The molecule has 0 bridgehead atoms. The summed E-state index contributed by atoms with van der Waals surface area (Å²) in [5, 5.41) is 3.98. The van der Waals surface area contributed by atoms with Crippen molar-refractivity contribution >= 4 is 5.91 Å². The Labute approximate surface area is 163 Å². The molecule has 1 aromatic heterocycles. The normalized spacial score (nSPS) is 14.6. The summed E-state index contributed by atoms with van der Waals surface area (Å²) in [5.41, 5.74) is 0.115. The summed E-state index contributed by atoms with van der Waals surface area (Å²) < 4.78 is 48.5. The molecular formula is C20H16F3N3O3. The van der Waals surface area contributed by atoms with E-state index in [0.29, 0.717) is 36.1 Å². The molecule has 1 aliphatic rings. The second kappa shape index (κ2) is 7.23. The van der Waals surface area contributed by atoms with Gasteiger partial charge >= 0.3 is 6.18 Å². The maximum atomic E-state index is 12.6. The Balaban J connectivity index is 1.41. The molecular weight excluding hydrogens is 387 g/mol. The topological polar surface area (TPSA) is 68.5 Å². The highest BCUT2D eigenvalue weighted by Gasteiger charge is 2.37. The monoisotopic (exact) mass is 403 g/mol. The van der Waals surface area contributed by atoms with Crippen LogP contribution in [-0.2, 0) is 6.18 Å². The van der Waals surface area contributed by atoms with E-state index in [1.807, 2.05) is 18.2 Å². The molecule has 0 unspecified atom stereocenters. The number of rotatable bonds is 4. The highest BCUT2D eigenvalue weighted by Crippen LogP contribution is 2.32. The van der Waals surface area contributed by atoms with Crippen molar-refractivity contribution in [3.05, 3.63) is 65.5 Å². The van der Waals surface area contributed by atoms with Crippen LogP contribution in [0.15, 0.2) is 53.1 Å². The zero-order valence-corrected chi connectivity index (χ0v) is 15.3. The number of aromatic nitrogens is 2. The van der Waals surface area contributed by atoms with Crippen LogP contribution in [0, 0.1) is 0 Å². The third kappa shape index (κ3) is 3.67. The maximum absolute atomic E-state index is 12.6. The first-order valence-electron chi connectivity index (χ1n) is 8.80. The van der Waals surface area contributed by atoms with E-state index in [-0.39, 0.29) is 17.4 Å². The van der Waals surface area contributed by atoms with E-state index in [4.69, 9.17) is 9.26 Å². The largest absolute Gasteiger partial charge is 0.496 e. The van der Waals surface area contributed by atoms with Crippen LogP contribution in [0.25, 0.3) is 11.4 Å². The number of hydrogen-bond acceptors (Lipinski definition) is 5. The van der Waals surface area contributed by atoms with Crippen molar-refractivity contribution in [3.63, 3.8) is 0 Å². The van der Waals surface area contributed by atoms with Gasteiger partial charge in [0.05, 0.1) is 24.2 Å². The molecule has 1 aliphatic heterocycles. The van der Waals surface area contributed by atoms with E-state index >= 15 is 0 Å². The smallest absolute Gasteiger partial charge is 0.416 e. The Kier molecular flexibility index (Phi) is 4.73. The fourth-order valence-corrected chi connectivity index (χ4v) is 3.12. The van der Waals surface area contributed by atoms with E-state index in [9.17, 15) is 18.0 Å². The first kappa shape index (κ1) is 19.0. The number of carbonyl (C=O) groups is 1. The number of amides is 1. The van der Waals surface area contributed by atoms with Gasteiger partial charge in [0.1, 0.15) is 5.75 Å². The minimum Gasteiger partial charge on any atom is -0.496 e. The minimum absolute atomic E-state index is 0.121. The zero-order chi connectivity index (χ0) is 20.6. The molecule has 1 saturated heterocycles. The quantitative estimate of drug-likeness (QED) is 0.659. The molecule has 1 fully saturated rings. The highest BCUT2D eigenvalue weighted by atomic mass is 19.4. The molecule has 1 amide bonds. The number of likely N-dealkylation sites (tertiary alicyclic amines) is 1. The van der Waals surface area contributed by atoms with Crippen molar-refractivity contribution in [2.45, 2.75) is 12.1 Å². The van der Waals surface area contributed by atoms with Crippen molar-refractivity contribution in [2.24, 2.45) is 0 Å². The molecule has 2 heterocycles. The van der Waals surface area contributed by atoms with Gasteiger partial charge in [-0.1, -0.05) is 17.3 Å². The molecule has 150 valence electrons. The predicted octanol–water partition coefficient (Wildman–Crippen LogP) is 4.00. The van der Waals surface area contributed by atoms with E-state index in [2.05, 4.69) is 10.1 Å². The molecule has 0 radical (unpaired) electrons. The number of hydrogen-bond donors (Lipinski definition) is 0. The Morgan fingerprint density at radius 3 is 2.48 bits per heavy atom. The fraction of sp³-hybridized carbons (Fsp3) is 0.250. The van der Waals surface area contributed by atoms with E-state index in [1.165, 1.54) is 17.0 Å². The summed E-state index contributed by atoms with van der Waals surface area (Å²) in [5.74, 6) is 0.962. The lowest BCUT2D eigenvalue weighted by Crippen LogP contribution is -2.48. The molecule has 0 aliphatic carbocycles. The van der Waals surface area contributed by atoms with Crippen molar-refractivity contribution in [3.8, 4) is 17.1 Å². The lowest BCUT2D eigenvalue weighted by atomic mass is 9.98. The van der Waals surface area contributed by atoms with Crippen LogP contribution in [0.2, 0.25) is 0 Å². The third-order valence-corrected chi connectivity index (χ3v) is 4.77. The Morgan fingerprint density at radius 2 is 1.83 bits per heavy atom. The second-order valence-electron chi connectivity index (χ2n) is 6.64. The van der Waals surface area contributed by atoms with Crippen LogP contribution < -0.4 is 4.74 Å². The summed E-state index contributed by atoms with van der Waals surface area (Å²) in [4.78, 5) is 18.4. The molecule has 2 aromatic carbocycles. The van der Waals surface area contributed by atoms with Gasteiger partial charge in [-0.15, -0.1) is 0 Å². The van der Waals surface area contributed by atoms with E-state index < -0.39 is 11.7 Å². The SMILES string of the molecule is COc1ccccc1-c1noc(C2CN(C(=O)c3ccc(C(F)(F)F)cc3)C2)n1. The summed E-state index contributed by atoms with van der Waals surface area (Å²) in [6.45, 7) is 0.709. The second-order valence-corrected chi connectivity index (χ2v) is 6.64. The molecule has 0 saturated carbocycles. The van der Waals surface area contributed by atoms with E-state index in [0.717, 1.165) is 12.1 Å². The third-order valence-electron chi connectivity index (χ3n) is 4.77. The Morgan fingerprint density at radius 1 is 1.14 bits per heavy atom. The highest BCUT2D eigenvalue weighted by molar-refractivity contribution is 5.94. The van der Waals surface area contributed by atoms with Crippen LogP contribution in [0.5, 0.6) is 5.75 Å². The molecule has 0 N–H and O–H groups in total. The standard InChI is InChI=1S/C20H16F3N3O3/c1-28-16-5-3-2-4-15(16)17-24-18(29-25-17)13-10-26(11-13)19(27)12-6-8-14(9-7-12)20(21,22)23/h2-9,13H,10-11H2,1H3. The number of para-hydroxylation sites is 1. The van der Waals surface area contributed by atoms with Gasteiger partial charge in [0.15, 0.2) is 0 Å². The Bertz CT molecular complexity index is 1030. The van der Waals surface area contributed by atoms with Crippen LogP contribution >= 0.6 is 0 Å². The van der Waals surface area contributed by atoms with Crippen LogP contribution in [-0.4, -0.2) is 41.1 Å². The molecule has 9 heteroatoms. The number of carbonyl (C=O) groups excluding carboxylic acids is 1. The van der Waals surface area contributed by atoms with Gasteiger partial charge < -0.3 is 14.2 Å². The molecule has 0 atom stereocenters. The zero-order valence-electron chi connectivity index (χ0n) is 15.3. The van der Waals surface area contributed by atoms with Gasteiger partial charge in [-0.25, -0.2) is 0 Å². The van der Waals surface area contributed by atoms with Crippen LogP contribution in [0.1, 0.15) is 27.7 Å². The number of methoxy groups -OCH3 is 1. The molecule has 0 spiro atoms. The van der Waals surface area contributed by atoms with Gasteiger partial charge in [-0.3, -0.25) is 4.79 Å². The predicted molar refractivity (Wildman–Crippen MR) is 96.4 cm³/mol. The van der Waals surface area contributed by atoms with Crippen molar-refractivity contribution in [1.29, 1.82) is 0 Å². The van der Waals surface area contributed by atoms with Gasteiger partial charge in [-0.05, 0) is 36.4 Å². The molecule has 3 aromatic rings. The van der Waals surface area contributed by atoms with Gasteiger partial charge in [0, 0.05) is 18.7 Å². The van der Waals surface area contributed by atoms with Crippen molar-refractivity contribution in [1.82, 2.24) is 15.0 Å². The van der Waals surface area contributed by atoms with Crippen molar-refractivity contribution < 1.29 is 27.2 Å². The summed E-state index contributed by atoms with van der Waals surface area (Å²) in [7, 11) is 1.55. The van der Waals surface area contributed by atoms with Crippen molar-refractivity contribution in [2.75, 3.05) is 20.2 Å². The summed E-state index contributed by atoms with van der Waals surface area (Å²) in [6, 6.07) is 11.5. The first-order valence-corrected chi connectivity index (χ1v) is 8.80. The first-order chi connectivity index (χ1) is 13.9. The molecule has 6 nitrogen and oxygen atoms in total. The lowest BCUT2D eigenvalue weighted by Gasteiger charge is -2.37. The maximum Gasteiger partial charge on any atom is 0.416 e. The molecule has 29 heavy (non-hydrogen) atoms. The fourth-order valence-electron chi connectivity index (χ4n) is 3.12. The number of benzene rings is 2. The number of nitrogens with zero attached hydrogens (tertiary/aromatic N) is 3. The Hall–Kier alpha value is -3.36. The van der Waals surface area contributed by atoms with Gasteiger partial charge in [0.2, 0.25) is 11.7 Å². The average Bonchev–Trinajstić information content (AvgIpc) is 3.15. The average molecular weight is 403 g/mol. The van der Waals surface area contributed by atoms with Crippen LogP contribution in [0.3, 0.4) is 0 Å². The number of ether oxygens (including phenoxy) is 1. The number of halogens is 3. The number of alkyl halides is 3. The van der Waals surface area contributed by atoms with Gasteiger partial charge in [-0.2, -0.15) is 18.2 Å². The molecule has 4 rings (SSSR count). The summed E-state index contributed by atoms with van der Waals surface area (Å²) in [6.07, 6.45) is -4.43. The van der Waals surface area contributed by atoms with Crippen LogP contribution in [0.4, 0.5) is 13.2 Å².